The monoisotopic (exact) mass is 492 g/mol. The first-order valence-electron chi connectivity index (χ1n) is 11.7. The molecule has 0 saturated carbocycles. The highest BCUT2D eigenvalue weighted by molar-refractivity contribution is 6.01. The zero-order chi connectivity index (χ0) is 27.0. The Morgan fingerprint density at radius 3 is 1.60 bits per heavy atom. The average molecular weight is 493 g/mol. The number of amides is 2. The lowest BCUT2D eigenvalue weighted by molar-refractivity contribution is -0.154. The lowest BCUT2D eigenvalue weighted by atomic mass is 10.0. The summed E-state index contributed by atoms with van der Waals surface area (Å²) in [6, 6.07) is 4.56. The Hall–Kier alpha value is -3.10. The van der Waals surface area contributed by atoms with Crippen molar-refractivity contribution in [3.8, 4) is 0 Å². The summed E-state index contributed by atoms with van der Waals surface area (Å²) in [7, 11) is 0. The molecule has 2 N–H and O–H groups in total. The molecule has 0 aliphatic heterocycles. The van der Waals surface area contributed by atoms with Crippen LogP contribution in [0.25, 0.3) is 0 Å². The molecule has 9 heteroatoms. The number of ketones is 1. The number of benzene rings is 1. The van der Waals surface area contributed by atoms with Gasteiger partial charge in [0.25, 0.3) is 0 Å². The Morgan fingerprint density at radius 2 is 1.11 bits per heavy atom. The number of hydrogen-bond donors (Lipinski definition) is 2. The topological polar surface area (TPSA) is 120 Å². The van der Waals surface area contributed by atoms with E-state index in [9.17, 15) is 19.2 Å². The number of Topliss-reactive ketones (excluding diaryl/α,β-unsaturated/α-hetero) is 1. The van der Waals surface area contributed by atoms with Crippen LogP contribution in [-0.4, -0.2) is 40.7 Å². The molecule has 2 amide bonds. The standard InChI is InChI=1S/C26H40N2O7/c1-24(2,3)33-21(30)13-11-10-12-20(29)17-14-15-18(27-22(31)34-25(4,5)6)19(16-17)28-23(32)35-26(7,8)9/h14-16H,10-13H2,1-9H3,(H,27,31)(H,28,32). The van der Waals surface area contributed by atoms with Gasteiger partial charge < -0.3 is 14.2 Å². The van der Waals surface area contributed by atoms with E-state index in [0.717, 1.165) is 0 Å². The van der Waals surface area contributed by atoms with Crippen LogP contribution in [0.2, 0.25) is 0 Å². The minimum atomic E-state index is -0.732. The summed E-state index contributed by atoms with van der Waals surface area (Å²) in [5.74, 6) is -0.461. The van der Waals surface area contributed by atoms with Crippen molar-refractivity contribution in [2.45, 2.75) is 105 Å². The molecule has 0 bridgehead atoms. The molecule has 0 saturated heterocycles. The predicted molar refractivity (Wildman–Crippen MR) is 135 cm³/mol. The van der Waals surface area contributed by atoms with E-state index in [-0.39, 0.29) is 36.0 Å². The second-order valence-electron chi connectivity index (χ2n) is 11.2. The van der Waals surface area contributed by atoms with Crippen LogP contribution in [-0.2, 0) is 19.0 Å². The maximum absolute atomic E-state index is 12.7. The van der Waals surface area contributed by atoms with Gasteiger partial charge in [0.1, 0.15) is 16.8 Å². The molecular formula is C26H40N2O7. The molecule has 9 nitrogen and oxygen atoms in total. The van der Waals surface area contributed by atoms with Gasteiger partial charge in [-0.15, -0.1) is 0 Å². The molecular weight excluding hydrogens is 452 g/mol. The molecule has 0 unspecified atom stereocenters. The van der Waals surface area contributed by atoms with Crippen molar-refractivity contribution in [3.63, 3.8) is 0 Å². The number of rotatable bonds is 8. The second-order valence-corrected chi connectivity index (χ2v) is 11.2. The van der Waals surface area contributed by atoms with Crippen LogP contribution >= 0.6 is 0 Å². The highest BCUT2D eigenvalue weighted by Gasteiger charge is 2.21. The van der Waals surface area contributed by atoms with E-state index < -0.39 is 29.0 Å². The van der Waals surface area contributed by atoms with Gasteiger partial charge in [0.15, 0.2) is 5.78 Å². The van der Waals surface area contributed by atoms with Crippen LogP contribution in [0, 0.1) is 0 Å². The molecule has 1 aromatic carbocycles. The van der Waals surface area contributed by atoms with Crippen molar-refractivity contribution < 1.29 is 33.4 Å². The fourth-order valence-corrected chi connectivity index (χ4v) is 2.85. The molecule has 0 aliphatic carbocycles. The zero-order valence-corrected chi connectivity index (χ0v) is 22.4. The van der Waals surface area contributed by atoms with Crippen molar-refractivity contribution in [1.29, 1.82) is 0 Å². The Balaban J connectivity index is 2.92. The van der Waals surface area contributed by atoms with Gasteiger partial charge in [-0.1, -0.05) is 0 Å². The Labute approximate surface area is 208 Å². The molecule has 1 aromatic rings. The molecule has 1 rings (SSSR count). The summed E-state index contributed by atoms with van der Waals surface area (Å²) in [5.41, 5.74) is -1.18. The van der Waals surface area contributed by atoms with Crippen LogP contribution in [0.15, 0.2) is 18.2 Å². The number of hydrogen-bond acceptors (Lipinski definition) is 7. The van der Waals surface area contributed by atoms with E-state index in [4.69, 9.17) is 14.2 Å². The van der Waals surface area contributed by atoms with Crippen LogP contribution < -0.4 is 10.6 Å². The van der Waals surface area contributed by atoms with Crippen LogP contribution in [0.4, 0.5) is 21.0 Å². The fraction of sp³-hybridized carbons (Fsp3) is 0.615. The lowest BCUT2D eigenvalue weighted by Gasteiger charge is -2.22. The smallest absolute Gasteiger partial charge is 0.412 e. The zero-order valence-electron chi connectivity index (χ0n) is 22.4. The van der Waals surface area contributed by atoms with Crippen molar-refractivity contribution in [2.24, 2.45) is 0 Å². The summed E-state index contributed by atoms with van der Waals surface area (Å²) in [5, 5.41) is 5.18. The molecule has 0 aliphatic rings. The summed E-state index contributed by atoms with van der Waals surface area (Å²) < 4.78 is 15.8. The van der Waals surface area contributed by atoms with Gasteiger partial charge in [-0.2, -0.15) is 0 Å². The van der Waals surface area contributed by atoms with E-state index >= 15 is 0 Å². The first-order valence-corrected chi connectivity index (χ1v) is 11.7. The molecule has 0 fully saturated rings. The number of esters is 1. The molecule has 35 heavy (non-hydrogen) atoms. The first kappa shape index (κ1) is 29.9. The minimum Gasteiger partial charge on any atom is -0.460 e. The molecule has 196 valence electrons. The maximum Gasteiger partial charge on any atom is 0.412 e. The van der Waals surface area contributed by atoms with E-state index in [2.05, 4.69) is 10.6 Å². The van der Waals surface area contributed by atoms with Gasteiger partial charge >= 0.3 is 18.2 Å². The summed E-state index contributed by atoms with van der Waals surface area (Å²) >= 11 is 0. The van der Waals surface area contributed by atoms with E-state index in [0.29, 0.717) is 18.4 Å². The van der Waals surface area contributed by atoms with Gasteiger partial charge in [-0.3, -0.25) is 20.2 Å². The number of anilines is 2. The highest BCUT2D eigenvalue weighted by Crippen LogP contribution is 2.26. The average Bonchev–Trinajstić information content (AvgIpc) is 2.61. The molecule has 0 aromatic heterocycles. The second kappa shape index (κ2) is 12.0. The van der Waals surface area contributed by atoms with E-state index in [1.165, 1.54) is 12.1 Å². The maximum atomic E-state index is 12.7. The third-order valence-corrected chi connectivity index (χ3v) is 4.07. The van der Waals surface area contributed by atoms with Gasteiger partial charge in [-0.25, -0.2) is 9.59 Å². The fourth-order valence-electron chi connectivity index (χ4n) is 2.85. The van der Waals surface area contributed by atoms with Gasteiger partial charge in [0, 0.05) is 18.4 Å². The van der Waals surface area contributed by atoms with Crippen LogP contribution in [0.5, 0.6) is 0 Å². The SMILES string of the molecule is CC(C)(C)OC(=O)CCCCC(=O)c1ccc(NC(=O)OC(C)(C)C)c(NC(=O)OC(C)(C)C)c1. The number of carbonyl (C=O) groups is 4. The Bertz CT molecular complexity index is 919. The van der Waals surface area contributed by atoms with Gasteiger partial charge in [-0.05, 0) is 93.4 Å². The van der Waals surface area contributed by atoms with Gasteiger partial charge in [0.05, 0.1) is 11.4 Å². The predicted octanol–water partition coefficient (Wildman–Crippen LogP) is 6.47. The number of carbonyl (C=O) groups excluding carboxylic acids is 4. The minimum absolute atomic E-state index is 0.162. The van der Waals surface area contributed by atoms with Crippen LogP contribution in [0.1, 0.15) is 98.4 Å². The van der Waals surface area contributed by atoms with Gasteiger partial charge in [0.2, 0.25) is 0 Å². The number of nitrogens with one attached hydrogen (secondary N) is 2. The molecule has 0 atom stereocenters. The van der Waals surface area contributed by atoms with Crippen molar-refractivity contribution in [3.05, 3.63) is 23.8 Å². The van der Waals surface area contributed by atoms with Crippen molar-refractivity contribution in [1.82, 2.24) is 0 Å². The Morgan fingerprint density at radius 1 is 0.657 bits per heavy atom. The third-order valence-electron chi connectivity index (χ3n) is 4.07. The molecule has 0 heterocycles. The Kier molecular flexibility index (Phi) is 10.3. The highest BCUT2D eigenvalue weighted by atomic mass is 16.6. The largest absolute Gasteiger partial charge is 0.460 e. The summed E-state index contributed by atoms with van der Waals surface area (Å²) in [6.07, 6.45) is 0.0346. The molecule has 0 spiro atoms. The van der Waals surface area contributed by atoms with Crippen LogP contribution in [0.3, 0.4) is 0 Å². The van der Waals surface area contributed by atoms with Crippen molar-refractivity contribution in [2.75, 3.05) is 10.6 Å². The number of ether oxygens (including phenoxy) is 3. The van der Waals surface area contributed by atoms with E-state index in [1.54, 1.807) is 68.4 Å². The first-order chi connectivity index (χ1) is 15.8. The normalized spacial score (nSPS) is 11.9. The quantitative estimate of drug-likeness (QED) is 0.185. The van der Waals surface area contributed by atoms with E-state index in [1.807, 2.05) is 0 Å². The summed E-state index contributed by atoms with van der Waals surface area (Å²) in [6.45, 7) is 15.8. The lowest BCUT2D eigenvalue weighted by Crippen LogP contribution is -2.29. The third kappa shape index (κ3) is 13.4. The number of unbranched alkanes of at least 4 members (excludes halogenated alkanes) is 1. The molecule has 0 radical (unpaired) electrons. The van der Waals surface area contributed by atoms with Crippen molar-refractivity contribution >= 4 is 35.3 Å². The summed E-state index contributed by atoms with van der Waals surface area (Å²) in [4.78, 5) is 49.2.